The second kappa shape index (κ2) is 7.51. The van der Waals surface area contributed by atoms with Crippen LogP contribution in [-0.4, -0.2) is 23.9 Å². The lowest BCUT2D eigenvalue weighted by Gasteiger charge is -2.29. The zero-order chi connectivity index (χ0) is 17.8. The van der Waals surface area contributed by atoms with Crippen molar-refractivity contribution >= 4 is 5.91 Å². The van der Waals surface area contributed by atoms with Crippen LogP contribution in [0.25, 0.3) is 0 Å². The van der Waals surface area contributed by atoms with Gasteiger partial charge in [-0.2, -0.15) is 0 Å². The number of carbonyl (C=O) groups is 1. The summed E-state index contributed by atoms with van der Waals surface area (Å²) in [6.45, 7) is 3.62. The molecule has 3 rings (SSSR count). The first-order chi connectivity index (χ1) is 12.0. The molecule has 132 valence electrons. The summed E-state index contributed by atoms with van der Waals surface area (Å²) in [5.74, 6) is 0.0486. The van der Waals surface area contributed by atoms with E-state index in [1.807, 2.05) is 0 Å². The molecule has 1 aromatic heterocycles. The van der Waals surface area contributed by atoms with Gasteiger partial charge in [-0.1, -0.05) is 19.1 Å². The molecule has 6 heteroatoms. The smallest absolute Gasteiger partial charge is 0.289 e. The monoisotopic (exact) mass is 345 g/mol. The van der Waals surface area contributed by atoms with Gasteiger partial charge in [0.05, 0.1) is 0 Å². The second-order valence-electron chi connectivity index (χ2n) is 6.36. The zero-order valence-electron chi connectivity index (χ0n) is 14.0. The van der Waals surface area contributed by atoms with Gasteiger partial charge >= 0.3 is 0 Å². The number of nitrogens with zero attached hydrogens (tertiary/aromatic N) is 1. The minimum absolute atomic E-state index is 0.0214. The molecule has 2 heterocycles. The molecule has 0 N–H and O–H groups in total. The molecule has 1 saturated heterocycles. The first-order valence-electron chi connectivity index (χ1n) is 8.32. The molecule has 0 saturated carbocycles. The summed E-state index contributed by atoms with van der Waals surface area (Å²) in [4.78, 5) is 26.2. The topological polar surface area (TPSA) is 59.8 Å². The SMILES string of the molecule is CC1CCN(C(=O)c2cc(=O)c(OCc3ccc(F)cc3)co2)CC1. The lowest BCUT2D eigenvalue weighted by atomic mass is 9.99. The van der Waals surface area contributed by atoms with Gasteiger partial charge in [-0.25, -0.2) is 4.39 Å². The predicted molar refractivity (Wildman–Crippen MR) is 90.0 cm³/mol. The van der Waals surface area contributed by atoms with Crippen molar-refractivity contribution in [3.8, 4) is 5.75 Å². The summed E-state index contributed by atoms with van der Waals surface area (Å²) < 4.78 is 23.6. The average molecular weight is 345 g/mol. The highest BCUT2D eigenvalue weighted by Crippen LogP contribution is 2.18. The third kappa shape index (κ3) is 4.26. The molecule has 0 unspecified atom stereocenters. The minimum atomic E-state index is -0.415. The summed E-state index contributed by atoms with van der Waals surface area (Å²) in [5, 5.41) is 0. The van der Waals surface area contributed by atoms with Gasteiger partial charge in [-0.05, 0) is 36.5 Å². The predicted octanol–water partition coefficient (Wildman–Crippen LogP) is 3.23. The fourth-order valence-electron chi connectivity index (χ4n) is 2.73. The molecular weight excluding hydrogens is 325 g/mol. The first kappa shape index (κ1) is 17.2. The van der Waals surface area contributed by atoms with Crippen molar-refractivity contribution in [2.75, 3.05) is 13.1 Å². The van der Waals surface area contributed by atoms with Gasteiger partial charge < -0.3 is 14.1 Å². The van der Waals surface area contributed by atoms with Gasteiger partial charge in [0.25, 0.3) is 5.91 Å². The Morgan fingerprint density at radius 3 is 2.60 bits per heavy atom. The second-order valence-corrected chi connectivity index (χ2v) is 6.36. The number of carbonyl (C=O) groups excluding carboxylic acids is 1. The Hall–Kier alpha value is -2.63. The molecule has 1 fully saturated rings. The molecule has 1 aromatic carbocycles. The Morgan fingerprint density at radius 1 is 1.28 bits per heavy atom. The maximum atomic E-state index is 12.9. The van der Waals surface area contributed by atoms with Crippen LogP contribution in [0.5, 0.6) is 5.75 Å². The van der Waals surface area contributed by atoms with E-state index in [1.54, 1.807) is 17.0 Å². The molecular formula is C19H20FNO4. The van der Waals surface area contributed by atoms with Crippen molar-refractivity contribution in [1.29, 1.82) is 0 Å². The van der Waals surface area contributed by atoms with E-state index in [-0.39, 0.29) is 29.8 Å². The minimum Gasteiger partial charge on any atom is -0.482 e. The molecule has 2 aromatic rings. The summed E-state index contributed by atoms with van der Waals surface area (Å²) in [5.41, 5.74) is 0.311. The number of hydrogen-bond acceptors (Lipinski definition) is 4. The Kier molecular flexibility index (Phi) is 5.16. The van der Waals surface area contributed by atoms with Crippen LogP contribution in [-0.2, 0) is 6.61 Å². The molecule has 0 spiro atoms. The van der Waals surface area contributed by atoms with Crippen molar-refractivity contribution in [2.45, 2.75) is 26.4 Å². The number of piperidine rings is 1. The third-order valence-electron chi connectivity index (χ3n) is 4.39. The molecule has 0 radical (unpaired) electrons. The summed E-state index contributed by atoms with van der Waals surface area (Å²) in [6.07, 6.45) is 3.06. The van der Waals surface area contributed by atoms with E-state index < -0.39 is 5.43 Å². The molecule has 1 aliphatic rings. The van der Waals surface area contributed by atoms with Gasteiger partial charge in [-0.15, -0.1) is 0 Å². The van der Waals surface area contributed by atoms with Crippen molar-refractivity contribution in [3.05, 3.63) is 64.0 Å². The van der Waals surface area contributed by atoms with E-state index in [4.69, 9.17) is 9.15 Å². The van der Waals surface area contributed by atoms with Gasteiger partial charge in [0.15, 0.2) is 5.76 Å². The van der Waals surface area contributed by atoms with Crippen molar-refractivity contribution < 1.29 is 18.3 Å². The molecule has 0 bridgehead atoms. The van der Waals surface area contributed by atoms with E-state index in [1.165, 1.54) is 18.2 Å². The number of rotatable bonds is 4. The normalized spacial score (nSPS) is 15.2. The van der Waals surface area contributed by atoms with Crippen LogP contribution in [0.15, 0.2) is 45.8 Å². The quantitative estimate of drug-likeness (QED) is 0.854. The Labute approximate surface area is 145 Å². The van der Waals surface area contributed by atoms with Crippen LogP contribution in [0.4, 0.5) is 4.39 Å². The number of amides is 1. The first-order valence-corrected chi connectivity index (χ1v) is 8.32. The maximum Gasteiger partial charge on any atom is 0.289 e. The standard InChI is InChI=1S/C19H20FNO4/c1-13-6-8-21(9-7-13)19(23)17-10-16(22)18(12-25-17)24-11-14-2-4-15(20)5-3-14/h2-5,10,12-13H,6-9,11H2,1H3. The van der Waals surface area contributed by atoms with Crippen LogP contribution in [0, 0.1) is 11.7 Å². The molecule has 0 atom stereocenters. The van der Waals surface area contributed by atoms with Crippen LogP contribution < -0.4 is 10.2 Å². The van der Waals surface area contributed by atoms with Crippen LogP contribution in [0.2, 0.25) is 0 Å². The Bertz CT molecular complexity index is 792. The van der Waals surface area contributed by atoms with E-state index in [0.717, 1.165) is 24.7 Å². The maximum absolute atomic E-state index is 12.9. The van der Waals surface area contributed by atoms with E-state index in [2.05, 4.69) is 6.92 Å². The number of hydrogen-bond donors (Lipinski definition) is 0. The highest BCUT2D eigenvalue weighted by molar-refractivity contribution is 5.91. The summed E-state index contributed by atoms with van der Waals surface area (Å²) in [6, 6.07) is 6.96. The molecule has 0 aliphatic carbocycles. The van der Waals surface area contributed by atoms with Gasteiger partial charge in [0, 0.05) is 19.2 Å². The Morgan fingerprint density at radius 2 is 1.96 bits per heavy atom. The van der Waals surface area contributed by atoms with Crippen molar-refractivity contribution in [1.82, 2.24) is 4.90 Å². The van der Waals surface area contributed by atoms with Gasteiger partial charge in [0.2, 0.25) is 11.2 Å². The van der Waals surface area contributed by atoms with E-state index in [0.29, 0.717) is 19.0 Å². The van der Waals surface area contributed by atoms with Crippen molar-refractivity contribution in [2.24, 2.45) is 5.92 Å². The summed E-state index contributed by atoms with van der Waals surface area (Å²) in [7, 11) is 0. The van der Waals surface area contributed by atoms with Crippen LogP contribution >= 0.6 is 0 Å². The lowest BCUT2D eigenvalue weighted by Crippen LogP contribution is -2.38. The fraction of sp³-hybridized carbons (Fsp3) is 0.368. The number of halogens is 1. The number of likely N-dealkylation sites (tertiary alicyclic amines) is 1. The largest absolute Gasteiger partial charge is 0.482 e. The average Bonchev–Trinajstić information content (AvgIpc) is 2.62. The number of benzene rings is 1. The zero-order valence-corrected chi connectivity index (χ0v) is 14.0. The summed E-state index contributed by atoms with van der Waals surface area (Å²) >= 11 is 0. The Balaban J connectivity index is 1.65. The van der Waals surface area contributed by atoms with Gasteiger partial charge in [0.1, 0.15) is 18.7 Å². The highest BCUT2D eigenvalue weighted by Gasteiger charge is 2.23. The van der Waals surface area contributed by atoms with Crippen LogP contribution in [0.3, 0.4) is 0 Å². The van der Waals surface area contributed by atoms with Gasteiger partial charge in [-0.3, -0.25) is 9.59 Å². The molecule has 1 aliphatic heterocycles. The fourth-order valence-corrected chi connectivity index (χ4v) is 2.73. The van der Waals surface area contributed by atoms with Crippen molar-refractivity contribution in [3.63, 3.8) is 0 Å². The van der Waals surface area contributed by atoms with E-state index in [9.17, 15) is 14.0 Å². The lowest BCUT2D eigenvalue weighted by molar-refractivity contribution is 0.0661. The van der Waals surface area contributed by atoms with Crippen LogP contribution in [0.1, 0.15) is 35.9 Å². The highest BCUT2D eigenvalue weighted by atomic mass is 19.1. The number of ether oxygens (including phenoxy) is 1. The van der Waals surface area contributed by atoms with E-state index >= 15 is 0 Å². The third-order valence-corrected chi connectivity index (χ3v) is 4.39. The molecule has 25 heavy (non-hydrogen) atoms. The molecule has 5 nitrogen and oxygen atoms in total. The molecule has 1 amide bonds.